The molecule has 3 unspecified atom stereocenters. The van der Waals surface area contributed by atoms with Gasteiger partial charge in [-0.1, -0.05) is 78.9 Å². The van der Waals surface area contributed by atoms with Crippen LogP contribution in [0.1, 0.15) is 69.2 Å². The van der Waals surface area contributed by atoms with E-state index in [1.165, 1.54) is 0 Å². The number of allylic oxidation sites excluding steroid dienone is 4. The first-order valence-electron chi connectivity index (χ1n) is 13.9. The third-order valence-electron chi connectivity index (χ3n) is 8.02. The van der Waals surface area contributed by atoms with Gasteiger partial charge in [0.1, 0.15) is 11.6 Å². The SMILES string of the molecule is CC(C)(C)OC(=O)NC1(c2ccc(C3N=C4N=C(c5ccccc5)C=CN4C3C3C=CC=CC3)cc2)CCC1. The van der Waals surface area contributed by atoms with E-state index in [1.54, 1.807) is 0 Å². The number of nitrogens with one attached hydrogen (secondary N) is 1. The summed E-state index contributed by atoms with van der Waals surface area (Å²) in [6, 6.07) is 19.0. The van der Waals surface area contributed by atoms with Crippen molar-refractivity contribution in [3.8, 4) is 0 Å². The van der Waals surface area contributed by atoms with E-state index >= 15 is 0 Å². The van der Waals surface area contributed by atoms with Crippen LogP contribution < -0.4 is 5.32 Å². The Hall–Kier alpha value is -3.93. The highest BCUT2D eigenvalue weighted by Crippen LogP contribution is 2.44. The molecule has 0 spiro atoms. The van der Waals surface area contributed by atoms with E-state index in [1.807, 2.05) is 39.0 Å². The number of benzene rings is 2. The van der Waals surface area contributed by atoms with E-state index in [9.17, 15) is 4.79 Å². The average Bonchev–Trinajstić information content (AvgIpc) is 3.30. The van der Waals surface area contributed by atoms with Crippen molar-refractivity contribution in [3.05, 3.63) is 108 Å². The van der Waals surface area contributed by atoms with Gasteiger partial charge in [0.2, 0.25) is 5.96 Å². The molecule has 1 N–H and O–H groups in total. The molecule has 200 valence electrons. The number of alkyl carbamates (subject to hydrolysis) is 1. The van der Waals surface area contributed by atoms with Crippen LogP contribution in [-0.4, -0.2) is 34.3 Å². The smallest absolute Gasteiger partial charge is 0.408 e. The molecule has 39 heavy (non-hydrogen) atoms. The molecule has 2 heterocycles. The van der Waals surface area contributed by atoms with Gasteiger partial charge in [-0.3, -0.25) is 0 Å². The molecule has 6 heteroatoms. The first kappa shape index (κ1) is 25.4. The lowest BCUT2D eigenvalue weighted by Gasteiger charge is -2.43. The predicted octanol–water partition coefficient (Wildman–Crippen LogP) is 6.82. The van der Waals surface area contributed by atoms with Gasteiger partial charge in [-0.05, 0) is 63.7 Å². The molecule has 0 aromatic heterocycles. The number of amides is 1. The Morgan fingerprint density at radius 1 is 1.05 bits per heavy atom. The second-order valence-electron chi connectivity index (χ2n) is 11.8. The highest BCUT2D eigenvalue weighted by atomic mass is 16.6. The summed E-state index contributed by atoms with van der Waals surface area (Å²) in [6.45, 7) is 5.67. The van der Waals surface area contributed by atoms with Crippen LogP contribution in [0, 0.1) is 5.92 Å². The molecule has 1 saturated carbocycles. The molecule has 1 amide bonds. The van der Waals surface area contributed by atoms with Crippen LogP contribution in [0.4, 0.5) is 4.79 Å². The van der Waals surface area contributed by atoms with Crippen LogP contribution in [0.2, 0.25) is 0 Å². The molecule has 2 aliphatic heterocycles. The molecular weight excluding hydrogens is 484 g/mol. The molecule has 0 bridgehead atoms. The van der Waals surface area contributed by atoms with E-state index in [0.717, 1.165) is 54.0 Å². The van der Waals surface area contributed by atoms with E-state index in [2.05, 4.69) is 83.2 Å². The number of ether oxygens (including phenoxy) is 1. The predicted molar refractivity (Wildman–Crippen MR) is 156 cm³/mol. The van der Waals surface area contributed by atoms with Crippen LogP contribution in [-0.2, 0) is 10.3 Å². The van der Waals surface area contributed by atoms with Crippen molar-refractivity contribution in [3.63, 3.8) is 0 Å². The minimum Gasteiger partial charge on any atom is -0.444 e. The number of hydrogen-bond donors (Lipinski definition) is 1. The lowest BCUT2D eigenvalue weighted by molar-refractivity contribution is 0.0377. The second-order valence-corrected chi connectivity index (χ2v) is 11.8. The fourth-order valence-electron chi connectivity index (χ4n) is 5.95. The molecule has 3 atom stereocenters. The maximum absolute atomic E-state index is 12.6. The van der Waals surface area contributed by atoms with E-state index in [-0.39, 0.29) is 23.7 Å². The summed E-state index contributed by atoms with van der Waals surface area (Å²) >= 11 is 0. The number of nitrogens with zero attached hydrogens (tertiary/aromatic N) is 3. The molecule has 4 aliphatic rings. The van der Waals surface area contributed by atoms with Gasteiger partial charge in [0.25, 0.3) is 0 Å². The zero-order chi connectivity index (χ0) is 27.0. The Kier molecular flexibility index (Phi) is 6.49. The Labute approximate surface area is 230 Å². The van der Waals surface area contributed by atoms with Gasteiger partial charge in [0.15, 0.2) is 0 Å². The summed E-state index contributed by atoms with van der Waals surface area (Å²) in [5.74, 6) is 1.09. The first-order valence-corrected chi connectivity index (χ1v) is 13.9. The Balaban J connectivity index is 1.29. The molecule has 0 saturated heterocycles. The molecule has 2 aromatic carbocycles. The summed E-state index contributed by atoms with van der Waals surface area (Å²) in [7, 11) is 0. The third kappa shape index (κ3) is 5.08. The molecule has 6 rings (SSSR count). The molecule has 0 radical (unpaired) electrons. The highest BCUT2D eigenvalue weighted by Gasteiger charge is 2.43. The van der Waals surface area contributed by atoms with Gasteiger partial charge >= 0.3 is 6.09 Å². The molecular formula is C33H36N4O2. The average molecular weight is 521 g/mol. The summed E-state index contributed by atoms with van der Waals surface area (Å²) < 4.78 is 5.57. The topological polar surface area (TPSA) is 66.3 Å². The fourth-order valence-corrected chi connectivity index (χ4v) is 5.95. The number of carbonyl (C=O) groups is 1. The van der Waals surface area contributed by atoms with Gasteiger partial charge in [0, 0.05) is 17.7 Å². The summed E-state index contributed by atoms with van der Waals surface area (Å²) in [4.78, 5) is 25.0. The van der Waals surface area contributed by atoms with Gasteiger partial charge in [-0.25, -0.2) is 14.8 Å². The largest absolute Gasteiger partial charge is 0.444 e. The van der Waals surface area contributed by atoms with Crippen molar-refractivity contribution < 1.29 is 9.53 Å². The number of hydrogen-bond acceptors (Lipinski definition) is 5. The maximum atomic E-state index is 12.6. The number of carbonyl (C=O) groups excluding carboxylic acids is 1. The van der Waals surface area contributed by atoms with Crippen molar-refractivity contribution in [2.24, 2.45) is 15.9 Å². The van der Waals surface area contributed by atoms with Crippen molar-refractivity contribution in [1.29, 1.82) is 0 Å². The van der Waals surface area contributed by atoms with Crippen LogP contribution in [0.25, 0.3) is 0 Å². The number of guanidine groups is 1. The van der Waals surface area contributed by atoms with E-state index in [0.29, 0.717) is 5.92 Å². The first-order chi connectivity index (χ1) is 18.8. The van der Waals surface area contributed by atoms with Crippen molar-refractivity contribution >= 4 is 17.8 Å². The standard InChI is InChI=1S/C33H36N4O2/c1-32(2,3)39-31(38)36-33(20-10-21-33)26-17-15-24(16-18-26)28-29(25-13-8-5-9-14-25)37-22-19-27(34-30(37)35-28)23-11-6-4-7-12-23/h4-9,11-13,15-19,22,25,28-29H,10,14,20-21H2,1-3H3,(H,36,38). The number of rotatable bonds is 5. The molecule has 1 fully saturated rings. The molecule has 2 aromatic rings. The van der Waals surface area contributed by atoms with Gasteiger partial charge in [0.05, 0.1) is 17.3 Å². The lowest BCUT2D eigenvalue weighted by atomic mass is 9.71. The van der Waals surface area contributed by atoms with Crippen LogP contribution in [0.5, 0.6) is 0 Å². The summed E-state index contributed by atoms with van der Waals surface area (Å²) in [6.07, 6.45) is 16.5. The number of aliphatic imine (C=N–C) groups is 2. The Morgan fingerprint density at radius 2 is 1.82 bits per heavy atom. The van der Waals surface area contributed by atoms with Crippen molar-refractivity contribution in [2.75, 3.05) is 0 Å². The Bertz CT molecular complexity index is 1380. The van der Waals surface area contributed by atoms with Crippen LogP contribution in [0.3, 0.4) is 0 Å². The van der Waals surface area contributed by atoms with Crippen LogP contribution >= 0.6 is 0 Å². The number of fused-ring (bicyclic) bond motifs is 1. The minimum absolute atomic E-state index is 0.0464. The third-order valence-corrected chi connectivity index (χ3v) is 8.02. The zero-order valence-corrected chi connectivity index (χ0v) is 22.9. The summed E-state index contributed by atoms with van der Waals surface area (Å²) in [5.41, 5.74) is 3.40. The Morgan fingerprint density at radius 3 is 2.46 bits per heavy atom. The quantitative estimate of drug-likeness (QED) is 0.470. The van der Waals surface area contributed by atoms with E-state index in [4.69, 9.17) is 14.7 Å². The monoisotopic (exact) mass is 520 g/mol. The molecule has 2 aliphatic carbocycles. The molecule has 6 nitrogen and oxygen atoms in total. The van der Waals surface area contributed by atoms with Gasteiger partial charge in [-0.15, -0.1) is 0 Å². The van der Waals surface area contributed by atoms with Gasteiger partial charge in [-0.2, -0.15) is 0 Å². The second kappa shape index (κ2) is 9.99. The van der Waals surface area contributed by atoms with Crippen molar-refractivity contribution in [1.82, 2.24) is 10.2 Å². The lowest BCUT2D eigenvalue weighted by Crippen LogP contribution is -2.52. The summed E-state index contributed by atoms with van der Waals surface area (Å²) in [5, 5.41) is 3.17. The fraction of sp³-hybridized carbons (Fsp3) is 0.364. The van der Waals surface area contributed by atoms with E-state index < -0.39 is 5.60 Å². The van der Waals surface area contributed by atoms with Crippen molar-refractivity contribution in [2.45, 2.75) is 69.7 Å². The maximum Gasteiger partial charge on any atom is 0.408 e. The highest BCUT2D eigenvalue weighted by molar-refractivity contribution is 6.15. The van der Waals surface area contributed by atoms with Crippen LogP contribution in [0.15, 0.2) is 101 Å². The zero-order valence-electron chi connectivity index (χ0n) is 22.9. The van der Waals surface area contributed by atoms with Gasteiger partial charge < -0.3 is 15.0 Å². The minimum atomic E-state index is -0.526. The normalized spacial score (nSPS) is 24.9.